The van der Waals surface area contributed by atoms with Crippen LogP contribution in [0, 0.1) is 5.82 Å². The molecule has 3 heterocycles. The number of morpholine rings is 1. The van der Waals surface area contributed by atoms with Crippen LogP contribution in [0.2, 0.25) is 0 Å². The third-order valence-corrected chi connectivity index (χ3v) is 3.18. The number of pyridine rings is 1. The standard InChI is InChI=1S/C12H14FN3O/c1-16-11-4-8(13)6-15-9(11)5-12(16)10-7-17-3-2-14-10/h4-6,10,14H,2-3,7H2,1H3. The summed E-state index contributed by atoms with van der Waals surface area (Å²) in [6, 6.07) is 3.66. The molecule has 0 aliphatic carbocycles. The van der Waals surface area contributed by atoms with Gasteiger partial charge in [-0.05, 0) is 6.07 Å². The van der Waals surface area contributed by atoms with Gasteiger partial charge in [0.05, 0.1) is 36.5 Å². The number of nitrogens with one attached hydrogen (secondary N) is 1. The molecule has 90 valence electrons. The van der Waals surface area contributed by atoms with E-state index in [9.17, 15) is 4.39 Å². The number of nitrogens with zero attached hydrogens (tertiary/aromatic N) is 2. The average Bonchev–Trinajstić information content (AvgIpc) is 2.68. The van der Waals surface area contributed by atoms with Crippen LogP contribution < -0.4 is 5.32 Å². The van der Waals surface area contributed by atoms with Crippen molar-refractivity contribution in [3.63, 3.8) is 0 Å². The molecule has 0 saturated carbocycles. The summed E-state index contributed by atoms with van der Waals surface area (Å²) < 4.78 is 20.6. The molecular weight excluding hydrogens is 221 g/mol. The zero-order chi connectivity index (χ0) is 11.8. The SMILES string of the molecule is Cn1c(C2COCCN2)cc2ncc(F)cc21. The summed E-state index contributed by atoms with van der Waals surface area (Å²) in [6.07, 6.45) is 1.25. The molecular formula is C12H14FN3O. The van der Waals surface area contributed by atoms with Crippen LogP contribution in [0.15, 0.2) is 18.3 Å². The van der Waals surface area contributed by atoms with Crippen molar-refractivity contribution in [3.05, 3.63) is 29.8 Å². The van der Waals surface area contributed by atoms with Crippen LogP contribution in [-0.4, -0.2) is 29.3 Å². The predicted octanol–water partition coefficient (Wildman–Crippen LogP) is 1.37. The van der Waals surface area contributed by atoms with Crippen molar-refractivity contribution >= 4 is 11.0 Å². The summed E-state index contributed by atoms with van der Waals surface area (Å²) in [5, 5.41) is 3.38. The van der Waals surface area contributed by atoms with Gasteiger partial charge in [-0.15, -0.1) is 0 Å². The minimum Gasteiger partial charge on any atom is -0.378 e. The molecule has 1 unspecified atom stereocenters. The van der Waals surface area contributed by atoms with Gasteiger partial charge in [0.25, 0.3) is 0 Å². The third-order valence-electron chi connectivity index (χ3n) is 3.18. The van der Waals surface area contributed by atoms with Crippen molar-refractivity contribution < 1.29 is 9.13 Å². The van der Waals surface area contributed by atoms with Gasteiger partial charge in [0, 0.05) is 25.4 Å². The molecule has 2 aromatic heterocycles. The first-order valence-electron chi connectivity index (χ1n) is 5.68. The van der Waals surface area contributed by atoms with Crippen LogP contribution in [0.25, 0.3) is 11.0 Å². The summed E-state index contributed by atoms with van der Waals surface area (Å²) >= 11 is 0. The van der Waals surface area contributed by atoms with E-state index in [1.165, 1.54) is 12.3 Å². The van der Waals surface area contributed by atoms with E-state index in [1.807, 2.05) is 17.7 Å². The first-order valence-corrected chi connectivity index (χ1v) is 5.68. The monoisotopic (exact) mass is 235 g/mol. The second kappa shape index (κ2) is 4.09. The van der Waals surface area contributed by atoms with Gasteiger partial charge in [0.2, 0.25) is 0 Å². The smallest absolute Gasteiger partial charge is 0.143 e. The molecule has 2 aromatic rings. The molecule has 17 heavy (non-hydrogen) atoms. The number of aromatic nitrogens is 2. The molecule has 0 amide bonds. The van der Waals surface area contributed by atoms with Crippen molar-refractivity contribution in [1.29, 1.82) is 0 Å². The molecule has 1 atom stereocenters. The van der Waals surface area contributed by atoms with Crippen LogP contribution in [0.5, 0.6) is 0 Å². The molecule has 0 radical (unpaired) electrons. The van der Waals surface area contributed by atoms with Crippen LogP contribution in [0.4, 0.5) is 4.39 Å². The van der Waals surface area contributed by atoms with E-state index in [1.54, 1.807) is 0 Å². The summed E-state index contributed by atoms with van der Waals surface area (Å²) in [7, 11) is 1.93. The van der Waals surface area contributed by atoms with Gasteiger partial charge in [-0.2, -0.15) is 0 Å². The first-order chi connectivity index (χ1) is 8.25. The number of fused-ring (bicyclic) bond motifs is 1. The summed E-state index contributed by atoms with van der Waals surface area (Å²) in [4.78, 5) is 4.09. The van der Waals surface area contributed by atoms with E-state index in [0.29, 0.717) is 6.61 Å². The molecule has 4 nitrogen and oxygen atoms in total. The summed E-state index contributed by atoms with van der Waals surface area (Å²) in [5.74, 6) is -0.307. The molecule has 0 aromatic carbocycles. The first kappa shape index (κ1) is 10.7. The molecule has 1 fully saturated rings. The van der Waals surface area contributed by atoms with Crippen LogP contribution in [0.3, 0.4) is 0 Å². The fraction of sp³-hybridized carbons (Fsp3) is 0.417. The van der Waals surface area contributed by atoms with E-state index in [2.05, 4.69) is 10.3 Å². The fourth-order valence-corrected chi connectivity index (χ4v) is 2.28. The number of rotatable bonds is 1. The summed E-state index contributed by atoms with van der Waals surface area (Å²) in [6.45, 7) is 2.23. The van der Waals surface area contributed by atoms with Gasteiger partial charge in [0.15, 0.2) is 0 Å². The average molecular weight is 235 g/mol. The molecule has 0 spiro atoms. The Labute approximate surface area is 98.4 Å². The molecule has 5 heteroatoms. The maximum Gasteiger partial charge on any atom is 0.143 e. The summed E-state index contributed by atoms with van der Waals surface area (Å²) in [5.41, 5.74) is 2.71. The Kier molecular flexibility index (Phi) is 2.57. The minimum atomic E-state index is -0.307. The highest BCUT2D eigenvalue weighted by Crippen LogP contribution is 2.23. The maximum atomic E-state index is 13.2. The zero-order valence-electron chi connectivity index (χ0n) is 9.61. The number of hydrogen-bond donors (Lipinski definition) is 1. The lowest BCUT2D eigenvalue weighted by atomic mass is 10.2. The Bertz CT molecular complexity index is 546. The second-order valence-corrected chi connectivity index (χ2v) is 4.27. The molecule has 3 rings (SSSR count). The van der Waals surface area contributed by atoms with Crippen molar-refractivity contribution in [2.75, 3.05) is 19.8 Å². The zero-order valence-corrected chi connectivity index (χ0v) is 9.61. The quantitative estimate of drug-likeness (QED) is 0.811. The lowest BCUT2D eigenvalue weighted by Gasteiger charge is -2.24. The molecule has 1 saturated heterocycles. The number of hydrogen-bond acceptors (Lipinski definition) is 3. The van der Waals surface area contributed by atoms with Gasteiger partial charge in [-0.25, -0.2) is 4.39 Å². The Hall–Kier alpha value is -1.46. The second-order valence-electron chi connectivity index (χ2n) is 4.27. The Balaban J connectivity index is 2.07. The third kappa shape index (κ3) is 1.81. The molecule has 1 N–H and O–H groups in total. The Morgan fingerprint density at radius 3 is 3.18 bits per heavy atom. The number of ether oxygens (including phenoxy) is 1. The van der Waals surface area contributed by atoms with Crippen LogP contribution in [0.1, 0.15) is 11.7 Å². The maximum absolute atomic E-state index is 13.2. The topological polar surface area (TPSA) is 39.1 Å². The highest BCUT2D eigenvalue weighted by molar-refractivity contribution is 5.77. The largest absolute Gasteiger partial charge is 0.378 e. The minimum absolute atomic E-state index is 0.158. The van der Waals surface area contributed by atoms with Gasteiger partial charge < -0.3 is 14.6 Å². The highest BCUT2D eigenvalue weighted by Gasteiger charge is 2.19. The molecule has 1 aliphatic heterocycles. The van der Waals surface area contributed by atoms with Gasteiger partial charge in [-0.1, -0.05) is 0 Å². The van der Waals surface area contributed by atoms with E-state index in [4.69, 9.17) is 4.74 Å². The van der Waals surface area contributed by atoms with Crippen molar-refractivity contribution in [2.45, 2.75) is 6.04 Å². The lowest BCUT2D eigenvalue weighted by Crippen LogP contribution is -2.35. The lowest BCUT2D eigenvalue weighted by molar-refractivity contribution is 0.0749. The van der Waals surface area contributed by atoms with Crippen molar-refractivity contribution in [3.8, 4) is 0 Å². The Morgan fingerprint density at radius 2 is 2.41 bits per heavy atom. The van der Waals surface area contributed by atoms with E-state index >= 15 is 0 Å². The van der Waals surface area contributed by atoms with E-state index in [-0.39, 0.29) is 11.9 Å². The normalized spacial score (nSPS) is 20.9. The van der Waals surface area contributed by atoms with Crippen LogP contribution in [-0.2, 0) is 11.8 Å². The number of halogens is 1. The fourth-order valence-electron chi connectivity index (χ4n) is 2.28. The number of aryl methyl sites for hydroxylation is 1. The van der Waals surface area contributed by atoms with Crippen LogP contribution >= 0.6 is 0 Å². The van der Waals surface area contributed by atoms with Crippen molar-refractivity contribution in [2.24, 2.45) is 7.05 Å². The molecule has 1 aliphatic rings. The van der Waals surface area contributed by atoms with Gasteiger partial charge in [-0.3, -0.25) is 4.98 Å². The Morgan fingerprint density at radius 1 is 1.53 bits per heavy atom. The predicted molar refractivity (Wildman–Crippen MR) is 62.2 cm³/mol. The van der Waals surface area contributed by atoms with E-state index < -0.39 is 0 Å². The van der Waals surface area contributed by atoms with Gasteiger partial charge in [0.1, 0.15) is 5.82 Å². The molecule has 0 bridgehead atoms. The van der Waals surface area contributed by atoms with E-state index in [0.717, 1.165) is 29.9 Å². The van der Waals surface area contributed by atoms with Gasteiger partial charge >= 0.3 is 0 Å². The van der Waals surface area contributed by atoms with Crippen molar-refractivity contribution in [1.82, 2.24) is 14.9 Å². The highest BCUT2D eigenvalue weighted by atomic mass is 19.1.